The first-order valence-corrected chi connectivity index (χ1v) is 2.56. The van der Waals surface area contributed by atoms with Crippen LogP contribution in [0.5, 0.6) is 0 Å². The molecule has 0 N–H and O–H groups in total. The van der Waals surface area contributed by atoms with Gasteiger partial charge in [-0.15, -0.1) is 5.10 Å². The van der Waals surface area contributed by atoms with E-state index < -0.39 is 0 Å². The number of nitrogens with zero attached hydrogens (tertiary/aromatic N) is 4. The molecule has 1 aromatic rings. The van der Waals surface area contributed by atoms with Gasteiger partial charge in [-0.3, -0.25) is 4.79 Å². The quantitative estimate of drug-likeness (QED) is 0.494. The number of rotatable bonds is 2. The van der Waals surface area contributed by atoms with Crippen molar-refractivity contribution in [2.24, 2.45) is 0 Å². The van der Waals surface area contributed by atoms with E-state index in [1.54, 1.807) is 0 Å². The van der Waals surface area contributed by atoms with Gasteiger partial charge in [0, 0.05) is 6.92 Å². The summed E-state index contributed by atoms with van der Waals surface area (Å²) in [5.74, 6) is -0.371. The Hall–Kier alpha value is -1.46. The molecule has 1 radical (unpaired) electrons. The zero-order valence-electron chi connectivity index (χ0n) is 5.31. The lowest BCUT2D eigenvalue weighted by molar-refractivity contribution is -0.145. The van der Waals surface area contributed by atoms with Gasteiger partial charge < -0.3 is 4.74 Å². The van der Waals surface area contributed by atoms with Crippen molar-refractivity contribution in [2.75, 3.05) is 0 Å². The first-order valence-electron chi connectivity index (χ1n) is 2.56. The molecule has 1 rings (SSSR count). The fourth-order valence-corrected chi connectivity index (χ4v) is 0.367. The van der Waals surface area contributed by atoms with E-state index in [2.05, 4.69) is 26.6 Å². The molecule has 1 aromatic heterocycles. The third-order valence-corrected chi connectivity index (χ3v) is 0.743. The second-order valence-corrected chi connectivity index (χ2v) is 1.54. The summed E-state index contributed by atoms with van der Waals surface area (Å²) < 4.78 is 5.72. The second kappa shape index (κ2) is 2.90. The summed E-state index contributed by atoms with van der Waals surface area (Å²) in [5, 5.41) is 9.91. The molecule has 0 atom stereocenters. The van der Waals surface area contributed by atoms with Crippen molar-refractivity contribution in [1.82, 2.24) is 20.2 Å². The van der Waals surface area contributed by atoms with E-state index in [1.807, 2.05) is 0 Å². The van der Waals surface area contributed by atoms with Gasteiger partial charge in [0.25, 0.3) is 0 Å². The van der Waals surface area contributed by atoms with Crippen LogP contribution in [0.25, 0.3) is 0 Å². The predicted octanol–water partition coefficient (Wildman–Crippen LogP) is -1.01. The highest BCUT2D eigenvalue weighted by Gasteiger charge is 1.94. The van der Waals surface area contributed by atoms with Crippen LogP contribution in [-0.2, 0) is 16.3 Å². The van der Waals surface area contributed by atoms with Crippen molar-refractivity contribution in [3.63, 3.8) is 0 Å². The highest BCUT2D eigenvalue weighted by atomic mass is 16.5. The molecule has 0 spiro atoms. The minimum Gasteiger partial charge on any atom is -0.442 e. The molecule has 53 valence electrons. The highest BCUT2D eigenvalue weighted by Crippen LogP contribution is 1.80. The Morgan fingerprint density at radius 3 is 3.10 bits per heavy atom. The summed E-state index contributed by atoms with van der Waals surface area (Å²) in [6, 6.07) is 0. The lowest BCUT2D eigenvalue weighted by Gasteiger charge is -1.96. The summed E-state index contributed by atoms with van der Waals surface area (Å²) in [4.78, 5) is 10.2. The SMILES string of the molecule is CC(=O)OCn1[c]nnn1. The number of aromatic nitrogens is 4. The molecular weight excluding hydrogens is 136 g/mol. The van der Waals surface area contributed by atoms with E-state index >= 15 is 0 Å². The third kappa shape index (κ3) is 1.81. The molecule has 1 heterocycles. The number of hydrogen-bond acceptors (Lipinski definition) is 5. The van der Waals surface area contributed by atoms with Crippen LogP contribution in [0, 0.1) is 6.33 Å². The van der Waals surface area contributed by atoms with Crippen LogP contribution in [0.4, 0.5) is 0 Å². The van der Waals surface area contributed by atoms with E-state index in [0.717, 1.165) is 0 Å². The van der Waals surface area contributed by atoms with Crippen LogP contribution in [0.15, 0.2) is 0 Å². The van der Waals surface area contributed by atoms with Crippen LogP contribution in [0.2, 0.25) is 0 Å². The van der Waals surface area contributed by atoms with Gasteiger partial charge in [-0.05, 0) is 10.4 Å². The van der Waals surface area contributed by atoms with Gasteiger partial charge in [-0.2, -0.15) is 4.68 Å². The Bertz CT molecular complexity index is 207. The molecule has 10 heavy (non-hydrogen) atoms. The fourth-order valence-electron chi connectivity index (χ4n) is 0.367. The molecule has 6 heteroatoms. The van der Waals surface area contributed by atoms with E-state index in [1.165, 1.54) is 11.6 Å². The zero-order chi connectivity index (χ0) is 7.40. The number of ether oxygens (including phenoxy) is 1. The molecule has 0 bridgehead atoms. The van der Waals surface area contributed by atoms with Crippen LogP contribution >= 0.6 is 0 Å². The minimum absolute atomic E-state index is 0.0162. The average Bonchev–Trinajstić information content (AvgIpc) is 2.34. The van der Waals surface area contributed by atoms with Gasteiger partial charge in [0.05, 0.1) is 0 Å². The van der Waals surface area contributed by atoms with Crippen molar-refractivity contribution in [3.05, 3.63) is 6.33 Å². The highest BCUT2D eigenvalue weighted by molar-refractivity contribution is 5.65. The normalized spacial score (nSPS) is 9.30. The maximum Gasteiger partial charge on any atom is 0.304 e. The van der Waals surface area contributed by atoms with Gasteiger partial charge in [0.1, 0.15) is 0 Å². The Balaban J connectivity index is 2.35. The number of esters is 1. The van der Waals surface area contributed by atoms with E-state index in [-0.39, 0.29) is 12.7 Å². The van der Waals surface area contributed by atoms with Crippen molar-refractivity contribution in [3.8, 4) is 0 Å². The Kier molecular flexibility index (Phi) is 1.93. The smallest absolute Gasteiger partial charge is 0.304 e. The van der Waals surface area contributed by atoms with Crippen molar-refractivity contribution in [1.29, 1.82) is 0 Å². The van der Waals surface area contributed by atoms with Gasteiger partial charge in [-0.25, -0.2) is 0 Å². The number of hydrogen-bond donors (Lipinski definition) is 0. The van der Waals surface area contributed by atoms with Gasteiger partial charge in [0.2, 0.25) is 6.33 Å². The molecule has 0 aliphatic carbocycles. The summed E-state index contributed by atoms with van der Waals surface area (Å²) in [7, 11) is 0. The maximum absolute atomic E-state index is 10.2. The number of carbonyl (C=O) groups excluding carboxylic acids is 1. The standard InChI is InChI=1S/C4H5N4O2/c1-4(9)10-3-8-2-5-6-7-8/h3H2,1H3. The molecule has 0 saturated carbocycles. The molecule has 0 aromatic carbocycles. The van der Waals surface area contributed by atoms with Crippen molar-refractivity contribution in [2.45, 2.75) is 13.7 Å². The predicted molar refractivity (Wildman–Crippen MR) is 28.4 cm³/mol. The second-order valence-electron chi connectivity index (χ2n) is 1.54. The maximum atomic E-state index is 10.2. The lowest BCUT2D eigenvalue weighted by atomic mass is 10.8. The summed E-state index contributed by atoms with van der Waals surface area (Å²) >= 11 is 0. The Morgan fingerprint density at radius 1 is 1.80 bits per heavy atom. The van der Waals surface area contributed by atoms with Crippen molar-refractivity contribution < 1.29 is 9.53 Å². The molecule has 0 saturated heterocycles. The summed E-state index contributed by atoms with van der Waals surface area (Å²) in [6.45, 7) is 1.33. The van der Waals surface area contributed by atoms with Gasteiger partial charge >= 0.3 is 5.97 Å². The van der Waals surface area contributed by atoms with Crippen LogP contribution in [0.3, 0.4) is 0 Å². The van der Waals surface area contributed by atoms with Gasteiger partial charge in [-0.1, -0.05) is 0 Å². The first kappa shape index (κ1) is 6.66. The number of tetrazole rings is 1. The largest absolute Gasteiger partial charge is 0.442 e. The molecule has 6 nitrogen and oxygen atoms in total. The number of carbonyl (C=O) groups is 1. The molecule has 0 fully saturated rings. The zero-order valence-corrected chi connectivity index (χ0v) is 5.31. The molecule has 0 aliphatic heterocycles. The van der Waals surface area contributed by atoms with Crippen molar-refractivity contribution >= 4 is 5.97 Å². The topological polar surface area (TPSA) is 69.9 Å². The Morgan fingerprint density at radius 2 is 2.60 bits per heavy atom. The van der Waals surface area contributed by atoms with Gasteiger partial charge in [0.15, 0.2) is 6.73 Å². The molecular formula is C4H5N4O2. The first-order chi connectivity index (χ1) is 4.79. The van der Waals surface area contributed by atoms with E-state index in [0.29, 0.717) is 0 Å². The van der Waals surface area contributed by atoms with E-state index in [4.69, 9.17) is 0 Å². The summed E-state index contributed by atoms with van der Waals surface area (Å²) in [6.07, 6.45) is 2.36. The summed E-state index contributed by atoms with van der Waals surface area (Å²) in [5.41, 5.74) is 0. The molecule has 0 aliphatic rings. The Labute approximate surface area is 56.8 Å². The fraction of sp³-hybridized carbons (Fsp3) is 0.500. The monoisotopic (exact) mass is 141 g/mol. The van der Waals surface area contributed by atoms with E-state index in [9.17, 15) is 4.79 Å². The van der Waals surface area contributed by atoms with Crippen LogP contribution < -0.4 is 0 Å². The molecule has 0 amide bonds. The average molecular weight is 141 g/mol. The minimum atomic E-state index is -0.371. The third-order valence-electron chi connectivity index (χ3n) is 0.743. The lowest BCUT2D eigenvalue weighted by Crippen LogP contribution is -2.06. The molecule has 0 unspecified atom stereocenters. The van der Waals surface area contributed by atoms with Crippen LogP contribution in [0.1, 0.15) is 6.92 Å². The van der Waals surface area contributed by atoms with Crippen LogP contribution in [-0.4, -0.2) is 26.2 Å².